The first-order valence-corrected chi connectivity index (χ1v) is 17.1. The number of anilines is 2. The zero-order valence-corrected chi connectivity index (χ0v) is 30.0. The van der Waals surface area contributed by atoms with E-state index in [1.54, 1.807) is 16.7 Å². The molecule has 1 aliphatic rings. The van der Waals surface area contributed by atoms with Crippen molar-refractivity contribution in [2.24, 2.45) is 0 Å². The average molecular weight is 703 g/mol. The van der Waals surface area contributed by atoms with Gasteiger partial charge in [-0.2, -0.15) is 0 Å². The number of unbranched alkanes of at least 4 members (excludes halogenated alkanes) is 2. The minimum atomic E-state index is -0.732. The molecule has 0 saturated carbocycles. The molecule has 2 aromatic heterocycles. The van der Waals surface area contributed by atoms with Crippen LogP contribution in [0.15, 0.2) is 12.1 Å². The number of ether oxygens (including phenoxy) is 2. The Morgan fingerprint density at radius 3 is 2.35 bits per heavy atom. The molecule has 49 heavy (non-hydrogen) atoms. The second-order valence-electron chi connectivity index (χ2n) is 13.1. The summed E-state index contributed by atoms with van der Waals surface area (Å²) in [4.78, 5) is 51.2. The van der Waals surface area contributed by atoms with Gasteiger partial charge in [0.1, 0.15) is 24.4 Å². The number of carbonyl (C=O) groups excluding carboxylic acids is 3. The minimum Gasteiger partial charge on any atom is -0.493 e. The van der Waals surface area contributed by atoms with Crippen LogP contribution in [-0.4, -0.2) is 91.8 Å². The third kappa shape index (κ3) is 9.01. The number of hydrogen-bond acceptors (Lipinski definition) is 10. The highest BCUT2D eigenvalue weighted by atomic mass is 35.5. The maximum atomic E-state index is 14.1. The molecule has 1 fully saturated rings. The largest absolute Gasteiger partial charge is 0.493 e. The number of hydrogen-bond donors (Lipinski definition) is 4. The van der Waals surface area contributed by atoms with Crippen molar-refractivity contribution in [3.05, 3.63) is 34.4 Å². The van der Waals surface area contributed by atoms with Crippen LogP contribution in [0.25, 0.3) is 11.0 Å². The Kier molecular flexibility index (Phi) is 12.1. The summed E-state index contributed by atoms with van der Waals surface area (Å²) in [6, 6.07) is 3.64. The lowest BCUT2D eigenvalue weighted by molar-refractivity contribution is -0.686. The van der Waals surface area contributed by atoms with E-state index in [0.717, 1.165) is 30.3 Å². The fraction of sp³-hybridized carbons (Fsp3) is 0.576. The lowest BCUT2D eigenvalue weighted by atomic mass is 10.1. The van der Waals surface area contributed by atoms with Crippen LogP contribution in [0.5, 0.6) is 5.75 Å². The fourth-order valence-electron chi connectivity index (χ4n) is 5.69. The molecule has 4 rings (SSSR count). The molecule has 16 heteroatoms. The van der Waals surface area contributed by atoms with Gasteiger partial charge >= 0.3 is 6.09 Å². The molecule has 1 aliphatic heterocycles. The number of aliphatic hydroxyl groups is 1. The Morgan fingerprint density at radius 2 is 1.73 bits per heavy atom. The van der Waals surface area contributed by atoms with Crippen LogP contribution in [0.2, 0.25) is 5.15 Å². The van der Waals surface area contributed by atoms with Crippen molar-refractivity contribution in [1.29, 1.82) is 0 Å². The number of aromatic nitrogens is 4. The Labute approximate surface area is 291 Å². The minimum absolute atomic E-state index is 0.0276. The van der Waals surface area contributed by atoms with Crippen LogP contribution in [0.3, 0.4) is 0 Å². The summed E-state index contributed by atoms with van der Waals surface area (Å²) >= 11 is 6.00. The Hall–Kier alpha value is -4.37. The first-order valence-electron chi connectivity index (χ1n) is 16.7. The normalized spacial score (nSPS) is 14.2. The predicted octanol–water partition coefficient (Wildman–Crippen LogP) is 3.13. The number of amides is 3. The van der Waals surface area contributed by atoms with Crippen LogP contribution < -0.4 is 26.1 Å². The molecule has 0 radical (unpaired) electrons. The summed E-state index contributed by atoms with van der Waals surface area (Å²) in [5, 5.41) is 13.2. The Balaban J connectivity index is 1.71. The van der Waals surface area contributed by atoms with Crippen molar-refractivity contribution in [2.45, 2.75) is 92.1 Å². The maximum absolute atomic E-state index is 14.1. The molecule has 3 heterocycles. The smallest absolute Gasteiger partial charge is 0.410 e. The standard InChI is InChI=1S/C33H48ClN9O6/c1-7-9-10-15-48-24-17-23-22(16-21(24)31(46)40-11-13-41(14-12-40)32(47)49-33(4,5)6)42(8-2)25(43(23)19-20(3)44)18-37-30(45)26-28(35)39-29(36)27(34)38-26/h16-17,20,44H,7-15,18-19H2,1-6H3,(H4-,35,36,37,39,45)/p+1/t20-/m0/s1. The van der Waals surface area contributed by atoms with E-state index >= 15 is 0 Å². The second kappa shape index (κ2) is 15.9. The molecule has 1 saturated heterocycles. The number of nitrogens with one attached hydrogen (secondary N) is 1. The van der Waals surface area contributed by atoms with Crippen LogP contribution in [0.4, 0.5) is 16.4 Å². The Morgan fingerprint density at radius 1 is 1.06 bits per heavy atom. The van der Waals surface area contributed by atoms with Gasteiger partial charge in [0, 0.05) is 38.3 Å². The van der Waals surface area contributed by atoms with E-state index in [0.29, 0.717) is 56.5 Å². The highest BCUT2D eigenvalue weighted by Crippen LogP contribution is 2.29. The topological polar surface area (TPSA) is 195 Å². The molecule has 1 atom stereocenters. The fourth-order valence-corrected chi connectivity index (χ4v) is 5.81. The molecule has 0 aliphatic carbocycles. The Bertz CT molecular complexity index is 1680. The molecule has 0 bridgehead atoms. The van der Waals surface area contributed by atoms with Gasteiger partial charge in [0.2, 0.25) is 0 Å². The molecule has 3 amide bonds. The molecule has 0 spiro atoms. The van der Waals surface area contributed by atoms with Gasteiger partial charge in [0.15, 0.2) is 33.5 Å². The van der Waals surface area contributed by atoms with Crippen LogP contribution in [-0.2, 0) is 24.4 Å². The van der Waals surface area contributed by atoms with Gasteiger partial charge in [-0.1, -0.05) is 31.4 Å². The molecule has 268 valence electrons. The van der Waals surface area contributed by atoms with E-state index in [1.807, 2.05) is 49.0 Å². The van der Waals surface area contributed by atoms with Crippen molar-refractivity contribution >= 4 is 52.2 Å². The van der Waals surface area contributed by atoms with Gasteiger partial charge in [0.25, 0.3) is 17.6 Å². The lowest BCUT2D eigenvalue weighted by Gasteiger charge is -2.35. The van der Waals surface area contributed by atoms with E-state index in [1.165, 1.54) is 0 Å². The molecular formula is C33H49ClN9O6+. The summed E-state index contributed by atoms with van der Waals surface area (Å²) in [6.45, 7) is 13.7. The highest BCUT2D eigenvalue weighted by molar-refractivity contribution is 6.31. The quantitative estimate of drug-likeness (QED) is 0.161. The van der Waals surface area contributed by atoms with Gasteiger partial charge in [-0.15, -0.1) is 0 Å². The van der Waals surface area contributed by atoms with E-state index in [2.05, 4.69) is 22.2 Å². The number of halogens is 1. The first kappa shape index (κ1) is 37.4. The number of nitrogen functional groups attached to an aromatic ring is 2. The second-order valence-corrected chi connectivity index (χ2v) is 13.4. The molecule has 15 nitrogen and oxygen atoms in total. The predicted molar refractivity (Wildman–Crippen MR) is 185 cm³/mol. The van der Waals surface area contributed by atoms with Gasteiger partial charge in [-0.05, 0) is 41.0 Å². The van der Waals surface area contributed by atoms with Crippen molar-refractivity contribution in [3.63, 3.8) is 0 Å². The number of aliphatic hydroxyl groups excluding tert-OH is 1. The van der Waals surface area contributed by atoms with E-state index < -0.39 is 23.7 Å². The SMILES string of the molecule is CCCCCOc1cc2c(cc1C(=O)N1CCN(C(=O)OC(C)(C)C)CC1)n(CC)c(CNC(=O)c1nc(Cl)c(N)nc1N)[n+]2C[C@H](C)O. The number of fused-ring (bicyclic) bond motifs is 1. The van der Waals surface area contributed by atoms with Gasteiger partial charge in [-0.25, -0.2) is 23.9 Å². The van der Waals surface area contributed by atoms with Crippen molar-refractivity contribution in [3.8, 4) is 5.75 Å². The highest BCUT2D eigenvalue weighted by Gasteiger charge is 2.33. The summed E-state index contributed by atoms with van der Waals surface area (Å²) in [5.41, 5.74) is 12.6. The summed E-state index contributed by atoms with van der Waals surface area (Å²) in [5.74, 6) is 0.0149. The third-order valence-electron chi connectivity index (χ3n) is 8.03. The number of nitrogens with zero attached hydrogens (tertiary/aromatic N) is 6. The molecular weight excluding hydrogens is 654 g/mol. The van der Waals surface area contributed by atoms with Crippen LogP contribution in [0, 0.1) is 0 Å². The maximum Gasteiger partial charge on any atom is 0.410 e. The van der Waals surface area contributed by atoms with Crippen molar-refractivity contribution in [1.82, 2.24) is 29.7 Å². The van der Waals surface area contributed by atoms with E-state index in [4.69, 9.17) is 32.5 Å². The molecule has 3 aromatic rings. The van der Waals surface area contributed by atoms with E-state index in [9.17, 15) is 19.5 Å². The number of benzene rings is 1. The molecule has 1 aromatic carbocycles. The molecule has 6 N–H and O–H groups in total. The van der Waals surface area contributed by atoms with Crippen molar-refractivity contribution < 1.29 is 33.5 Å². The number of carbonyl (C=O) groups is 3. The van der Waals surface area contributed by atoms with E-state index in [-0.39, 0.29) is 41.5 Å². The number of rotatable bonds is 12. The monoisotopic (exact) mass is 702 g/mol. The first-order chi connectivity index (χ1) is 23.1. The zero-order valence-electron chi connectivity index (χ0n) is 29.2. The summed E-state index contributed by atoms with van der Waals surface area (Å²) in [6.07, 6.45) is 1.67. The van der Waals surface area contributed by atoms with Crippen LogP contribution >= 0.6 is 11.6 Å². The number of aryl methyl sites for hydroxylation is 1. The van der Waals surface area contributed by atoms with Crippen LogP contribution in [0.1, 0.15) is 87.5 Å². The lowest BCUT2D eigenvalue weighted by Crippen LogP contribution is -2.51. The number of nitrogens with two attached hydrogens (primary N) is 2. The summed E-state index contributed by atoms with van der Waals surface area (Å²) in [7, 11) is 0. The van der Waals surface area contributed by atoms with Gasteiger partial charge in [-0.3, -0.25) is 9.59 Å². The van der Waals surface area contributed by atoms with Gasteiger partial charge < -0.3 is 41.2 Å². The molecule has 0 unspecified atom stereocenters. The summed E-state index contributed by atoms with van der Waals surface area (Å²) < 4.78 is 15.7. The van der Waals surface area contributed by atoms with Crippen molar-refractivity contribution in [2.75, 3.05) is 44.3 Å². The number of imidazole rings is 1. The number of piperazine rings is 1. The van der Waals surface area contributed by atoms with Gasteiger partial charge in [0.05, 0.1) is 24.8 Å². The third-order valence-corrected chi connectivity index (χ3v) is 8.30. The zero-order chi connectivity index (χ0) is 36.0. The average Bonchev–Trinajstić information content (AvgIpc) is 3.32.